The Bertz CT molecular complexity index is 655. The van der Waals surface area contributed by atoms with Gasteiger partial charge in [-0.25, -0.2) is 0 Å². The minimum atomic E-state index is 0.0971. The van der Waals surface area contributed by atoms with E-state index in [0.29, 0.717) is 13.0 Å². The minimum Gasteiger partial charge on any atom is -0.497 e. The van der Waals surface area contributed by atoms with Gasteiger partial charge in [0.15, 0.2) is 0 Å². The Morgan fingerprint density at radius 2 is 1.95 bits per heavy atom. The van der Waals surface area contributed by atoms with E-state index < -0.39 is 0 Å². The summed E-state index contributed by atoms with van der Waals surface area (Å²) in [4.78, 5) is 14.2. The lowest BCUT2D eigenvalue weighted by Crippen LogP contribution is -2.30. The normalized spacial score (nSPS) is 12.9. The van der Waals surface area contributed by atoms with Crippen molar-refractivity contribution in [3.05, 3.63) is 54.1 Å². The monoisotopic (exact) mass is 297 g/mol. The Kier molecular flexibility index (Phi) is 4.28. The van der Waals surface area contributed by atoms with Crippen molar-refractivity contribution in [1.29, 1.82) is 0 Å². The Morgan fingerprint density at radius 3 is 2.73 bits per heavy atom. The van der Waals surface area contributed by atoms with Crippen LogP contribution in [-0.4, -0.2) is 26.2 Å². The molecule has 0 saturated carbocycles. The lowest BCUT2D eigenvalue weighted by atomic mass is 10.1. The smallest absolute Gasteiger partial charge is 0.230 e. The number of amides is 1. The van der Waals surface area contributed by atoms with Gasteiger partial charge in [0.2, 0.25) is 5.91 Å². The van der Waals surface area contributed by atoms with Gasteiger partial charge in [-0.05, 0) is 42.3 Å². The maximum absolute atomic E-state index is 12.4. The minimum absolute atomic E-state index is 0.0971. The predicted octanol–water partition coefficient (Wildman–Crippen LogP) is 3.05. The molecule has 0 radical (unpaired) electrons. The van der Waals surface area contributed by atoms with E-state index in [2.05, 4.69) is 0 Å². The third kappa shape index (κ3) is 3.06. The molecule has 0 fully saturated rings. The molecule has 3 rings (SSSR count). The van der Waals surface area contributed by atoms with Gasteiger partial charge in [-0.3, -0.25) is 4.79 Å². The van der Waals surface area contributed by atoms with Crippen LogP contribution in [0.2, 0.25) is 0 Å². The Labute approximate surface area is 130 Å². The highest BCUT2D eigenvalue weighted by Gasteiger charge is 2.24. The summed E-state index contributed by atoms with van der Waals surface area (Å²) < 4.78 is 10.8. The van der Waals surface area contributed by atoms with Crippen LogP contribution in [0.5, 0.6) is 11.5 Å². The Hall–Kier alpha value is -2.49. The molecule has 2 aromatic rings. The van der Waals surface area contributed by atoms with Crippen molar-refractivity contribution in [2.45, 2.75) is 12.8 Å². The zero-order chi connectivity index (χ0) is 15.4. The number of methoxy groups -OCH3 is 1. The molecule has 0 unspecified atom stereocenters. The van der Waals surface area contributed by atoms with E-state index in [4.69, 9.17) is 9.47 Å². The topological polar surface area (TPSA) is 38.8 Å². The van der Waals surface area contributed by atoms with E-state index in [9.17, 15) is 4.79 Å². The molecular formula is C18H19NO3. The van der Waals surface area contributed by atoms with Crippen LogP contribution in [0, 0.1) is 0 Å². The van der Waals surface area contributed by atoms with E-state index in [1.165, 1.54) is 0 Å². The standard InChI is InChI=1S/C18H19NO3/c1-21-16-7-8-17-14(13-16)9-11-19(17)18(20)10-12-22-15-5-3-2-4-6-15/h2-8,13H,9-12H2,1H3. The molecule has 0 saturated heterocycles. The maximum atomic E-state index is 12.4. The van der Waals surface area contributed by atoms with Crippen molar-refractivity contribution in [3.63, 3.8) is 0 Å². The second-order valence-corrected chi connectivity index (χ2v) is 5.20. The van der Waals surface area contributed by atoms with Crippen molar-refractivity contribution in [1.82, 2.24) is 0 Å². The van der Waals surface area contributed by atoms with E-state index in [-0.39, 0.29) is 5.91 Å². The predicted molar refractivity (Wildman–Crippen MR) is 85.6 cm³/mol. The first-order chi connectivity index (χ1) is 10.8. The van der Waals surface area contributed by atoms with Crippen LogP contribution in [0.25, 0.3) is 0 Å². The molecule has 0 aliphatic carbocycles. The number of para-hydroxylation sites is 1. The SMILES string of the molecule is COc1ccc2c(c1)CCN2C(=O)CCOc1ccccc1. The molecule has 1 heterocycles. The lowest BCUT2D eigenvalue weighted by molar-refractivity contribution is -0.119. The van der Waals surface area contributed by atoms with Crippen LogP contribution in [0.3, 0.4) is 0 Å². The van der Waals surface area contributed by atoms with Gasteiger partial charge in [0, 0.05) is 12.2 Å². The number of ether oxygens (including phenoxy) is 2. The maximum Gasteiger partial charge on any atom is 0.230 e. The second-order valence-electron chi connectivity index (χ2n) is 5.20. The van der Waals surface area contributed by atoms with Gasteiger partial charge in [-0.1, -0.05) is 18.2 Å². The number of carbonyl (C=O) groups excluding carboxylic acids is 1. The Balaban J connectivity index is 1.58. The number of hydrogen-bond donors (Lipinski definition) is 0. The first kappa shape index (κ1) is 14.4. The average Bonchev–Trinajstić information content (AvgIpc) is 2.98. The summed E-state index contributed by atoms with van der Waals surface area (Å²) in [6.07, 6.45) is 1.25. The van der Waals surface area contributed by atoms with Crippen molar-refractivity contribution in [3.8, 4) is 11.5 Å². The van der Waals surface area contributed by atoms with Gasteiger partial charge >= 0.3 is 0 Å². The third-order valence-electron chi connectivity index (χ3n) is 3.81. The summed E-state index contributed by atoms with van der Waals surface area (Å²) >= 11 is 0. The first-order valence-electron chi connectivity index (χ1n) is 7.43. The molecule has 4 nitrogen and oxygen atoms in total. The van der Waals surface area contributed by atoms with E-state index in [1.54, 1.807) is 7.11 Å². The summed E-state index contributed by atoms with van der Waals surface area (Å²) in [6.45, 7) is 1.12. The molecule has 1 aliphatic heterocycles. The fraction of sp³-hybridized carbons (Fsp3) is 0.278. The van der Waals surface area contributed by atoms with Gasteiger partial charge in [-0.15, -0.1) is 0 Å². The van der Waals surface area contributed by atoms with Gasteiger partial charge in [0.25, 0.3) is 0 Å². The molecule has 0 atom stereocenters. The summed E-state index contributed by atoms with van der Waals surface area (Å²) in [5, 5.41) is 0. The largest absolute Gasteiger partial charge is 0.497 e. The van der Waals surface area contributed by atoms with Crippen molar-refractivity contribution < 1.29 is 14.3 Å². The Morgan fingerprint density at radius 1 is 1.14 bits per heavy atom. The van der Waals surface area contributed by atoms with Gasteiger partial charge in [0.05, 0.1) is 20.1 Å². The van der Waals surface area contributed by atoms with Gasteiger partial charge < -0.3 is 14.4 Å². The summed E-state index contributed by atoms with van der Waals surface area (Å²) in [7, 11) is 1.65. The van der Waals surface area contributed by atoms with E-state index in [0.717, 1.165) is 35.7 Å². The quantitative estimate of drug-likeness (QED) is 0.851. The molecule has 22 heavy (non-hydrogen) atoms. The zero-order valence-corrected chi connectivity index (χ0v) is 12.6. The highest BCUT2D eigenvalue weighted by atomic mass is 16.5. The summed E-state index contributed by atoms with van der Waals surface area (Å²) in [6, 6.07) is 15.4. The molecule has 1 aliphatic rings. The molecule has 0 N–H and O–H groups in total. The van der Waals surface area contributed by atoms with Crippen molar-refractivity contribution in [2.75, 3.05) is 25.2 Å². The number of fused-ring (bicyclic) bond motifs is 1. The van der Waals surface area contributed by atoms with Crippen LogP contribution in [0.15, 0.2) is 48.5 Å². The molecule has 0 spiro atoms. The fourth-order valence-corrected chi connectivity index (χ4v) is 2.67. The van der Waals surface area contributed by atoms with Gasteiger partial charge in [0.1, 0.15) is 11.5 Å². The molecule has 114 valence electrons. The summed E-state index contributed by atoms with van der Waals surface area (Å²) in [5.41, 5.74) is 2.15. The number of hydrogen-bond acceptors (Lipinski definition) is 3. The fourth-order valence-electron chi connectivity index (χ4n) is 2.67. The zero-order valence-electron chi connectivity index (χ0n) is 12.6. The number of carbonyl (C=O) groups is 1. The molecular weight excluding hydrogens is 278 g/mol. The van der Waals surface area contributed by atoms with E-state index >= 15 is 0 Å². The molecule has 0 bridgehead atoms. The molecule has 2 aromatic carbocycles. The highest BCUT2D eigenvalue weighted by molar-refractivity contribution is 5.95. The number of anilines is 1. The van der Waals surface area contributed by atoms with Crippen LogP contribution in [0.1, 0.15) is 12.0 Å². The second kappa shape index (κ2) is 6.52. The molecule has 4 heteroatoms. The number of rotatable bonds is 5. The van der Waals surface area contributed by atoms with Crippen LogP contribution < -0.4 is 14.4 Å². The first-order valence-corrected chi connectivity index (χ1v) is 7.43. The van der Waals surface area contributed by atoms with Gasteiger partial charge in [-0.2, -0.15) is 0 Å². The third-order valence-corrected chi connectivity index (χ3v) is 3.81. The van der Waals surface area contributed by atoms with Crippen molar-refractivity contribution >= 4 is 11.6 Å². The molecule has 0 aromatic heterocycles. The number of nitrogens with zero attached hydrogens (tertiary/aromatic N) is 1. The number of benzene rings is 2. The van der Waals surface area contributed by atoms with E-state index in [1.807, 2.05) is 53.4 Å². The lowest BCUT2D eigenvalue weighted by Gasteiger charge is -2.17. The summed E-state index contributed by atoms with van der Waals surface area (Å²) in [5.74, 6) is 1.72. The van der Waals surface area contributed by atoms with Crippen LogP contribution in [-0.2, 0) is 11.2 Å². The van der Waals surface area contributed by atoms with Crippen LogP contribution >= 0.6 is 0 Å². The van der Waals surface area contributed by atoms with Crippen LogP contribution in [0.4, 0.5) is 5.69 Å². The van der Waals surface area contributed by atoms with Crippen molar-refractivity contribution in [2.24, 2.45) is 0 Å². The highest BCUT2D eigenvalue weighted by Crippen LogP contribution is 2.31. The molecule has 1 amide bonds. The average molecular weight is 297 g/mol.